The summed E-state index contributed by atoms with van der Waals surface area (Å²) in [6.45, 7) is 0.280. The molecule has 4 N–H and O–H groups in total. The maximum atomic E-state index is 9.57. The molecule has 2 aromatic carbocycles. The first-order valence-electron chi connectivity index (χ1n) is 5.19. The molecule has 0 heterocycles. The van der Waals surface area contributed by atoms with Crippen LogP contribution in [0.4, 0.5) is 5.69 Å². The first-order chi connectivity index (χ1) is 8.16. The van der Waals surface area contributed by atoms with E-state index < -0.39 is 0 Å². The smallest absolute Gasteiger partial charge is 0.124 e. The molecule has 0 spiro atoms. The molecule has 2 rings (SSSR count). The van der Waals surface area contributed by atoms with Gasteiger partial charge in [0.15, 0.2) is 0 Å². The molecule has 0 saturated carbocycles. The molecule has 0 fully saturated rings. The first-order valence-corrected chi connectivity index (χ1v) is 5.19. The number of hydrogen-bond donors (Lipinski definition) is 4. The lowest BCUT2D eigenvalue weighted by Gasteiger charge is -2.09. The minimum absolute atomic E-state index is 0.0395. The van der Waals surface area contributed by atoms with Gasteiger partial charge in [0.05, 0.1) is 5.56 Å². The fourth-order valence-corrected chi connectivity index (χ4v) is 1.55. The molecule has 0 aliphatic rings. The Morgan fingerprint density at radius 3 is 2.18 bits per heavy atom. The van der Waals surface area contributed by atoms with E-state index in [9.17, 15) is 15.3 Å². The van der Waals surface area contributed by atoms with Gasteiger partial charge in [0.1, 0.15) is 17.2 Å². The summed E-state index contributed by atoms with van der Waals surface area (Å²) in [6.07, 6.45) is 0. The van der Waals surface area contributed by atoms with E-state index in [-0.39, 0.29) is 23.8 Å². The van der Waals surface area contributed by atoms with Crippen LogP contribution in [0.15, 0.2) is 42.5 Å². The van der Waals surface area contributed by atoms with Crippen LogP contribution in [-0.2, 0) is 6.54 Å². The van der Waals surface area contributed by atoms with Gasteiger partial charge in [-0.1, -0.05) is 12.1 Å². The van der Waals surface area contributed by atoms with Crippen molar-refractivity contribution in [3.8, 4) is 17.2 Å². The van der Waals surface area contributed by atoms with Crippen LogP contribution in [0, 0.1) is 0 Å². The van der Waals surface area contributed by atoms with E-state index in [2.05, 4.69) is 5.32 Å². The summed E-state index contributed by atoms with van der Waals surface area (Å²) in [7, 11) is 0. The Kier molecular flexibility index (Phi) is 3.05. The van der Waals surface area contributed by atoms with Gasteiger partial charge in [-0.05, 0) is 24.3 Å². The first kappa shape index (κ1) is 11.1. The minimum Gasteiger partial charge on any atom is -0.508 e. The normalized spacial score (nSPS) is 10.1. The van der Waals surface area contributed by atoms with E-state index in [1.807, 2.05) is 0 Å². The zero-order chi connectivity index (χ0) is 12.3. The molecule has 0 saturated heterocycles. The second-order valence-corrected chi connectivity index (χ2v) is 3.68. The third kappa shape index (κ3) is 2.60. The molecule has 0 bridgehead atoms. The average molecular weight is 231 g/mol. The summed E-state index contributed by atoms with van der Waals surface area (Å²) >= 11 is 0. The fourth-order valence-electron chi connectivity index (χ4n) is 1.55. The molecule has 0 aliphatic heterocycles. The Balaban J connectivity index is 2.13. The number of benzene rings is 2. The van der Waals surface area contributed by atoms with Gasteiger partial charge in [-0.25, -0.2) is 0 Å². The summed E-state index contributed by atoms with van der Waals surface area (Å²) in [4.78, 5) is 0. The molecule has 4 nitrogen and oxygen atoms in total. The molecule has 2 aromatic rings. The van der Waals surface area contributed by atoms with Crippen LogP contribution in [0.2, 0.25) is 0 Å². The summed E-state index contributed by atoms with van der Waals surface area (Å²) < 4.78 is 0. The van der Waals surface area contributed by atoms with E-state index in [1.54, 1.807) is 30.3 Å². The maximum Gasteiger partial charge on any atom is 0.124 e. The minimum atomic E-state index is 0.0395. The van der Waals surface area contributed by atoms with Crippen LogP contribution in [0.25, 0.3) is 0 Å². The number of rotatable bonds is 3. The molecule has 0 unspecified atom stereocenters. The van der Waals surface area contributed by atoms with E-state index in [1.165, 1.54) is 12.1 Å². The third-order valence-electron chi connectivity index (χ3n) is 2.44. The van der Waals surface area contributed by atoms with E-state index in [0.29, 0.717) is 11.3 Å². The van der Waals surface area contributed by atoms with E-state index in [4.69, 9.17) is 0 Å². The van der Waals surface area contributed by atoms with Gasteiger partial charge >= 0.3 is 0 Å². The molecule has 0 atom stereocenters. The highest BCUT2D eigenvalue weighted by molar-refractivity contribution is 5.50. The predicted molar refractivity (Wildman–Crippen MR) is 65.2 cm³/mol. The number of aromatic hydroxyl groups is 3. The fraction of sp³-hybridized carbons (Fsp3) is 0.0769. The van der Waals surface area contributed by atoms with Crippen LogP contribution >= 0.6 is 0 Å². The zero-order valence-electron chi connectivity index (χ0n) is 9.09. The van der Waals surface area contributed by atoms with Gasteiger partial charge < -0.3 is 20.6 Å². The molecule has 88 valence electrons. The topological polar surface area (TPSA) is 72.7 Å². The van der Waals surface area contributed by atoms with Gasteiger partial charge in [-0.2, -0.15) is 0 Å². The standard InChI is InChI=1S/C13H13NO3/c15-10-4-1-3-9(7-10)14-8-11-12(16)5-2-6-13(11)17/h1-7,14-17H,8H2. The molecule has 0 aliphatic carbocycles. The van der Waals surface area contributed by atoms with Crippen LogP contribution in [0.3, 0.4) is 0 Å². The van der Waals surface area contributed by atoms with Crippen molar-refractivity contribution in [2.24, 2.45) is 0 Å². The highest BCUT2D eigenvalue weighted by atomic mass is 16.3. The second-order valence-electron chi connectivity index (χ2n) is 3.68. The van der Waals surface area contributed by atoms with Crippen molar-refractivity contribution in [1.29, 1.82) is 0 Å². The molecule has 0 amide bonds. The Morgan fingerprint density at radius 1 is 0.882 bits per heavy atom. The van der Waals surface area contributed by atoms with Crippen LogP contribution in [-0.4, -0.2) is 15.3 Å². The second kappa shape index (κ2) is 4.65. The molecule has 0 radical (unpaired) electrons. The highest BCUT2D eigenvalue weighted by Gasteiger charge is 2.06. The van der Waals surface area contributed by atoms with Crippen molar-refractivity contribution >= 4 is 5.69 Å². The van der Waals surface area contributed by atoms with Gasteiger partial charge in [0.25, 0.3) is 0 Å². The van der Waals surface area contributed by atoms with Crippen molar-refractivity contribution in [1.82, 2.24) is 0 Å². The van der Waals surface area contributed by atoms with Crippen molar-refractivity contribution in [3.05, 3.63) is 48.0 Å². The van der Waals surface area contributed by atoms with Crippen molar-refractivity contribution < 1.29 is 15.3 Å². The molecule has 0 aromatic heterocycles. The summed E-state index contributed by atoms with van der Waals surface area (Å²) in [5.74, 6) is 0.242. The van der Waals surface area contributed by atoms with Crippen LogP contribution < -0.4 is 5.32 Å². The third-order valence-corrected chi connectivity index (χ3v) is 2.44. The Labute approximate surface area is 98.8 Å². The Bertz CT molecular complexity index is 506. The maximum absolute atomic E-state index is 9.57. The van der Waals surface area contributed by atoms with Crippen LogP contribution in [0.5, 0.6) is 17.2 Å². The highest BCUT2D eigenvalue weighted by Crippen LogP contribution is 2.27. The summed E-state index contributed by atoms with van der Waals surface area (Å²) in [6, 6.07) is 11.2. The molecular formula is C13H13NO3. The number of nitrogens with one attached hydrogen (secondary N) is 1. The lowest BCUT2D eigenvalue weighted by molar-refractivity contribution is 0.440. The summed E-state index contributed by atoms with van der Waals surface area (Å²) in [5, 5.41) is 31.4. The van der Waals surface area contributed by atoms with Gasteiger partial charge in [0.2, 0.25) is 0 Å². The monoisotopic (exact) mass is 231 g/mol. The number of anilines is 1. The molecule has 4 heteroatoms. The Hall–Kier alpha value is -2.36. The zero-order valence-corrected chi connectivity index (χ0v) is 9.09. The van der Waals surface area contributed by atoms with Gasteiger partial charge in [0, 0.05) is 18.3 Å². The number of hydrogen-bond acceptors (Lipinski definition) is 4. The van der Waals surface area contributed by atoms with Crippen molar-refractivity contribution in [3.63, 3.8) is 0 Å². The SMILES string of the molecule is Oc1cccc(NCc2c(O)cccc2O)c1. The van der Waals surface area contributed by atoms with E-state index >= 15 is 0 Å². The average Bonchev–Trinajstić information content (AvgIpc) is 2.28. The molecule has 17 heavy (non-hydrogen) atoms. The van der Waals surface area contributed by atoms with E-state index in [0.717, 1.165) is 0 Å². The predicted octanol–water partition coefficient (Wildman–Crippen LogP) is 2.42. The number of phenolic OH excluding ortho intramolecular Hbond substituents is 3. The number of phenols is 3. The largest absolute Gasteiger partial charge is 0.508 e. The van der Waals surface area contributed by atoms with Crippen molar-refractivity contribution in [2.45, 2.75) is 6.54 Å². The van der Waals surface area contributed by atoms with Crippen LogP contribution in [0.1, 0.15) is 5.56 Å². The lowest BCUT2D eigenvalue weighted by Crippen LogP contribution is -1.99. The van der Waals surface area contributed by atoms with Gasteiger partial charge in [-0.15, -0.1) is 0 Å². The lowest BCUT2D eigenvalue weighted by atomic mass is 10.1. The van der Waals surface area contributed by atoms with Gasteiger partial charge in [-0.3, -0.25) is 0 Å². The Morgan fingerprint density at radius 2 is 1.53 bits per heavy atom. The molecular weight excluding hydrogens is 218 g/mol. The quantitative estimate of drug-likeness (QED) is 0.654. The summed E-state index contributed by atoms with van der Waals surface area (Å²) in [5.41, 5.74) is 1.14. The van der Waals surface area contributed by atoms with Crippen molar-refractivity contribution in [2.75, 3.05) is 5.32 Å².